The summed E-state index contributed by atoms with van der Waals surface area (Å²) in [7, 11) is 0. The van der Waals surface area contributed by atoms with Gasteiger partial charge in [-0.2, -0.15) is 0 Å². The second kappa shape index (κ2) is 13.8. The van der Waals surface area contributed by atoms with E-state index in [0.717, 1.165) is 44.5 Å². The zero-order valence-electron chi connectivity index (χ0n) is 33.3. The first-order chi connectivity index (χ1) is 30.7. The Hall–Kier alpha value is -7.99. The fourth-order valence-electron chi connectivity index (χ4n) is 9.47. The first-order valence-corrected chi connectivity index (χ1v) is 21.7. The molecule has 4 nitrogen and oxygen atoms in total. The van der Waals surface area contributed by atoms with E-state index < -0.39 is 0 Å². The molecule has 0 atom stereocenters. The first kappa shape index (κ1) is 34.8. The quantitative estimate of drug-likeness (QED) is 0.174. The Morgan fingerprint density at radius 3 is 1.58 bits per heavy atom. The highest BCUT2D eigenvalue weighted by molar-refractivity contribution is 7.26. The SMILES string of the molecule is c1ccc(-c2nc(-c3ccc(-n4c5cc6ccccc6cc5c5cc6ccccc6cc54)cc3-c3cccc4ccccc34)nc(-c3cccc4c3sc3ccccc34)n2)cc1. The molecular weight excluding hydrogens is 773 g/mol. The monoisotopic (exact) mass is 806 g/mol. The zero-order chi connectivity index (χ0) is 40.7. The molecule has 0 fully saturated rings. The zero-order valence-corrected chi connectivity index (χ0v) is 34.1. The third-order valence-electron chi connectivity index (χ3n) is 12.4. The van der Waals surface area contributed by atoms with Crippen molar-refractivity contribution in [2.24, 2.45) is 0 Å². The van der Waals surface area contributed by atoms with Crippen molar-refractivity contribution in [1.29, 1.82) is 0 Å². The second-order valence-electron chi connectivity index (χ2n) is 16.0. The molecule has 0 radical (unpaired) electrons. The summed E-state index contributed by atoms with van der Waals surface area (Å²) in [6, 6.07) is 74.1. The minimum absolute atomic E-state index is 0.626. The number of hydrogen-bond donors (Lipinski definition) is 0. The van der Waals surface area contributed by atoms with Crippen molar-refractivity contribution in [2.75, 3.05) is 0 Å². The van der Waals surface area contributed by atoms with Gasteiger partial charge >= 0.3 is 0 Å². The van der Waals surface area contributed by atoms with Crippen LogP contribution < -0.4 is 0 Å². The maximum atomic E-state index is 5.42. The Kier molecular flexibility index (Phi) is 7.74. The summed E-state index contributed by atoms with van der Waals surface area (Å²) in [6.07, 6.45) is 0. The van der Waals surface area contributed by atoms with Crippen LogP contribution in [0.4, 0.5) is 0 Å². The summed E-state index contributed by atoms with van der Waals surface area (Å²) < 4.78 is 4.85. The molecule has 3 heterocycles. The number of rotatable bonds is 5. The van der Waals surface area contributed by atoms with Gasteiger partial charge in [0.2, 0.25) is 0 Å². The van der Waals surface area contributed by atoms with E-state index in [1.54, 1.807) is 11.3 Å². The number of hydrogen-bond acceptors (Lipinski definition) is 4. The lowest BCUT2D eigenvalue weighted by atomic mass is 9.93. The van der Waals surface area contributed by atoms with Crippen LogP contribution in [0.15, 0.2) is 206 Å². The van der Waals surface area contributed by atoms with E-state index in [4.69, 9.17) is 15.0 Å². The number of fused-ring (bicyclic) bond motifs is 9. The molecule has 0 saturated carbocycles. The van der Waals surface area contributed by atoms with Gasteiger partial charge < -0.3 is 4.57 Å². The van der Waals surface area contributed by atoms with E-state index in [-0.39, 0.29) is 0 Å². The number of nitrogens with zero attached hydrogens (tertiary/aromatic N) is 4. The summed E-state index contributed by atoms with van der Waals surface area (Å²) >= 11 is 1.79. The van der Waals surface area contributed by atoms with Crippen LogP contribution in [0.1, 0.15) is 0 Å². The average Bonchev–Trinajstić information content (AvgIpc) is 3.87. The molecule has 5 heteroatoms. The van der Waals surface area contributed by atoms with Crippen LogP contribution in [0.3, 0.4) is 0 Å². The molecule has 288 valence electrons. The van der Waals surface area contributed by atoms with Gasteiger partial charge in [0.1, 0.15) is 0 Å². The van der Waals surface area contributed by atoms with Crippen molar-refractivity contribution >= 4 is 85.6 Å². The lowest BCUT2D eigenvalue weighted by molar-refractivity contribution is 1.08. The Bertz CT molecular complexity index is 3840. The average molecular weight is 807 g/mol. The maximum absolute atomic E-state index is 5.42. The van der Waals surface area contributed by atoms with Gasteiger partial charge in [-0.1, -0.05) is 152 Å². The molecule has 0 aliphatic rings. The molecule has 0 unspecified atom stereocenters. The summed E-state index contributed by atoms with van der Waals surface area (Å²) in [5, 5.41) is 12.1. The van der Waals surface area contributed by atoms with Gasteiger partial charge in [-0.3, -0.25) is 0 Å². The van der Waals surface area contributed by atoms with Gasteiger partial charge in [0.15, 0.2) is 17.5 Å². The standard InChI is InChI=1S/C57H34N4S/c1-2-15-36(16-3-1)55-58-56(60-57(59-55)47-26-13-25-45-44-23-10-11-27-53(44)62-54(45)47)46-29-28-41(34-48(46)43-24-12-21-35-14-8-9-22-42(35)43)61-51-32-39-19-6-4-17-37(39)30-49(51)50-31-38-18-5-7-20-40(38)33-52(50)61/h1-34H. The molecule has 0 spiro atoms. The molecule has 0 aliphatic heterocycles. The number of thiophene rings is 1. The highest BCUT2D eigenvalue weighted by Crippen LogP contribution is 2.43. The smallest absolute Gasteiger partial charge is 0.165 e. The van der Waals surface area contributed by atoms with Gasteiger partial charge in [-0.15, -0.1) is 11.3 Å². The van der Waals surface area contributed by atoms with Crippen molar-refractivity contribution in [3.05, 3.63) is 206 Å². The van der Waals surface area contributed by atoms with Crippen LogP contribution in [0.25, 0.3) is 125 Å². The third kappa shape index (κ3) is 5.49. The summed E-state index contributed by atoms with van der Waals surface area (Å²) in [4.78, 5) is 16.0. The molecule has 0 amide bonds. The highest BCUT2D eigenvalue weighted by Gasteiger charge is 2.22. The van der Waals surface area contributed by atoms with E-state index in [0.29, 0.717) is 17.5 Å². The Morgan fingerprint density at radius 1 is 0.323 bits per heavy atom. The van der Waals surface area contributed by atoms with Gasteiger partial charge in [-0.25, -0.2) is 15.0 Å². The van der Waals surface area contributed by atoms with Crippen molar-refractivity contribution < 1.29 is 0 Å². The predicted molar refractivity (Wildman–Crippen MR) is 261 cm³/mol. The second-order valence-corrected chi connectivity index (χ2v) is 17.0. The first-order valence-electron chi connectivity index (χ1n) is 20.9. The maximum Gasteiger partial charge on any atom is 0.165 e. The van der Waals surface area contributed by atoms with Crippen molar-refractivity contribution in [3.63, 3.8) is 0 Å². The van der Waals surface area contributed by atoms with Crippen LogP contribution in [0.2, 0.25) is 0 Å². The topological polar surface area (TPSA) is 43.6 Å². The molecule has 62 heavy (non-hydrogen) atoms. The van der Waals surface area contributed by atoms with E-state index >= 15 is 0 Å². The largest absolute Gasteiger partial charge is 0.309 e. The normalized spacial score (nSPS) is 11.9. The van der Waals surface area contributed by atoms with Crippen LogP contribution in [0.5, 0.6) is 0 Å². The summed E-state index contributed by atoms with van der Waals surface area (Å²) in [5.74, 6) is 1.92. The van der Waals surface area contributed by atoms with E-state index in [1.165, 1.54) is 63.3 Å². The molecule has 10 aromatic carbocycles. The molecule has 0 aliphatic carbocycles. The van der Waals surface area contributed by atoms with E-state index in [9.17, 15) is 0 Å². The fraction of sp³-hybridized carbons (Fsp3) is 0. The van der Waals surface area contributed by atoms with Gasteiger partial charge in [-0.05, 0) is 98.0 Å². The van der Waals surface area contributed by atoms with Crippen LogP contribution in [0, 0.1) is 0 Å². The van der Waals surface area contributed by atoms with Crippen LogP contribution in [-0.4, -0.2) is 19.5 Å². The molecular formula is C57H34N4S. The molecule has 0 saturated heterocycles. The van der Waals surface area contributed by atoms with E-state index in [2.05, 4.69) is 193 Å². The number of aromatic nitrogens is 4. The van der Waals surface area contributed by atoms with Gasteiger partial charge in [0.25, 0.3) is 0 Å². The Labute approximate surface area is 360 Å². The minimum atomic E-state index is 0.626. The minimum Gasteiger partial charge on any atom is -0.309 e. The third-order valence-corrected chi connectivity index (χ3v) is 13.6. The summed E-state index contributed by atoms with van der Waals surface area (Å²) in [5.41, 5.74) is 8.43. The lowest BCUT2D eigenvalue weighted by Crippen LogP contribution is -2.02. The summed E-state index contributed by atoms with van der Waals surface area (Å²) in [6.45, 7) is 0. The Morgan fingerprint density at radius 2 is 0.855 bits per heavy atom. The van der Waals surface area contributed by atoms with Gasteiger partial charge in [0.05, 0.1) is 11.0 Å². The van der Waals surface area contributed by atoms with Crippen molar-refractivity contribution in [1.82, 2.24) is 19.5 Å². The van der Waals surface area contributed by atoms with Gasteiger partial charge in [0, 0.05) is 53.3 Å². The molecule has 0 bridgehead atoms. The lowest BCUT2D eigenvalue weighted by Gasteiger charge is -2.17. The van der Waals surface area contributed by atoms with Crippen molar-refractivity contribution in [2.45, 2.75) is 0 Å². The fourth-order valence-corrected chi connectivity index (χ4v) is 10.7. The van der Waals surface area contributed by atoms with E-state index in [1.807, 2.05) is 18.2 Å². The molecule has 13 aromatic rings. The Balaban J connectivity index is 1.11. The number of benzene rings is 10. The van der Waals surface area contributed by atoms with Crippen molar-refractivity contribution in [3.8, 4) is 51.0 Å². The highest BCUT2D eigenvalue weighted by atomic mass is 32.1. The molecule has 0 N–H and O–H groups in total. The molecule has 13 rings (SSSR count). The van der Waals surface area contributed by atoms with Crippen LogP contribution in [-0.2, 0) is 0 Å². The molecule has 3 aromatic heterocycles. The predicted octanol–water partition coefficient (Wildman–Crippen LogP) is 15.5. The van der Waals surface area contributed by atoms with Crippen LogP contribution >= 0.6 is 11.3 Å².